The minimum absolute atomic E-state index is 0.149. The number of nitrogens with two attached hydrogens (primary N) is 1. The van der Waals surface area contributed by atoms with Crippen molar-refractivity contribution in [1.82, 2.24) is 4.90 Å². The Kier molecular flexibility index (Phi) is 5.04. The van der Waals surface area contributed by atoms with Crippen molar-refractivity contribution in [2.45, 2.75) is 38.5 Å². The highest BCUT2D eigenvalue weighted by atomic mass is 32.1. The van der Waals surface area contributed by atoms with E-state index in [2.05, 4.69) is 29.6 Å². The molecule has 2 N–H and O–H groups in total. The molecule has 1 saturated carbocycles. The number of benzene rings is 1. The standard InChI is InChI=1S/C22H26N2O2S/c23-21(26)22(10-11-24(15-22)20(25)17-6-1-2-7-17)14-16-5-3-8-18(13-16)19-9-4-12-27-19/h3-5,8-9,12-13,17H,1-2,6-7,10-11,14-15H2,(H2,23,26)/t22-/m0/s1. The average molecular weight is 383 g/mol. The van der Waals surface area contributed by atoms with Gasteiger partial charge in [0.05, 0.1) is 5.41 Å². The van der Waals surface area contributed by atoms with Crippen LogP contribution >= 0.6 is 11.3 Å². The summed E-state index contributed by atoms with van der Waals surface area (Å²) in [6.45, 7) is 1.10. The summed E-state index contributed by atoms with van der Waals surface area (Å²) in [5.41, 5.74) is 7.48. The van der Waals surface area contributed by atoms with E-state index < -0.39 is 5.41 Å². The number of thiophene rings is 1. The Bertz CT molecular complexity index is 827. The van der Waals surface area contributed by atoms with Gasteiger partial charge in [0, 0.05) is 23.9 Å². The van der Waals surface area contributed by atoms with Gasteiger partial charge in [-0.3, -0.25) is 9.59 Å². The van der Waals surface area contributed by atoms with Crippen LogP contribution in [-0.2, 0) is 16.0 Å². The third kappa shape index (κ3) is 3.65. The van der Waals surface area contributed by atoms with Crippen LogP contribution in [0.5, 0.6) is 0 Å². The maximum Gasteiger partial charge on any atom is 0.225 e. The smallest absolute Gasteiger partial charge is 0.225 e. The van der Waals surface area contributed by atoms with E-state index in [9.17, 15) is 9.59 Å². The summed E-state index contributed by atoms with van der Waals surface area (Å²) in [6, 6.07) is 12.5. The van der Waals surface area contributed by atoms with E-state index in [1.807, 2.05) is 17.0 Å². The number of hydrogen-bond donors (Lipinski definition) is 1. The molecule has 2 heterocycles. The van der Waals surface area contributed by atoms with Crippen molar-refractivity contribution in [2.24, 2.45) is 17.1 Å². The Morgan fingerprint density at radius 3 is 2.70 bits per heavy atom. The van der Waals surface area contributed by atoms with Crippen molar-refractivity contribution >= 4 is 23.2 Å². The summed E-state index contributed by atoms with van der Waals surface area (Å²) in [7, 11) is 0. The highest BCUT2D eigenvalue weighted by Crippen LogP contribution is 2.37. The minimum Gasteiger partial charge on any atom is -0.369 e. The van der Waals surface area contributed by atoms with Crippen LogP contribution in [0, 0.1) is 11.3 Å². The van der Waals surface area contributed by atoms with E-state index in [1.54, 1.807) is 11.3 Å². The first kappa shape index (κ1) is 18.2. The summed E-state index contributed by atoms with van der Waals surface area (Å²) >= 11 is 1.71. The zero-order chi connectivity index (χ0) is 18.9. The second-order valence-corrected chi connectivity index (χ2v) is 8.94. The van der Waals surface area contributed by atoms with Crippen molar-refractivity contribution in [3.63, 3.8) is 0 Å². The van der Waals surface area contributed by atoms with Crippen molar-refractivity contribution in [1.29, 1.82) is 0 Å². The third-order valence-electron chi connectivity index (χ3n) is 6.17. The molecule has 0 bridgehead atoms. The largest absolute Gasteiger partial charge is 0.369 e. The number of hydrogen-bond acceptors (Lipinski definition) is 3. The SMILES string of the molecule is NC(=O)[C@]1(Cc2cccc(-c3cccs3)c2)CCN(C(=O)C2CCCC2)C1. The highest BCUT2D eigenvalue weighted by Gasteiger charge is 2.45. The van der Waals surface area contributed by atoms with E-state index >= 15 is 0 Å². The van der Waals surface area contributed by atoms with E-state index in [1.165, 1.54) is 10.4 Å². The Labute approximate surface area is 164 Å². The molecular formula is C22H26N2O2S. The maximum absolute atomic E-state index is 12.8. The zero-order valence-electron chi connectivity index (χ0n) is 15.5. The van der Waals surface area contributed by atoms with Gasteiger partial charge in [0.25, 0.3) is 0 Å². The molecule has 27 heavy (non-hydrogen) atoms. The van der Waals surface area contributed by atoms with Gasteiger partial charge in [-0.25, -0.2) is 0 Å². The second-order valence-electron chi connectivity index (χ2n) is 7.99. The predicted molar refractivity (Wildman–Crippen MR) is 108 cm³/mol. The topological polar surface area (TPSA) is 63.4 Å². The Morgan fingerprint density at radius 2 is 2.00 bits per heavy atom. The lowest BCUT2D eigenvalue weighted by Gasteiger charge is -2.27. The molecule has 2 aromatic rings. The van der Waals surface area contributed by atoms with Crippen LogP contribution in [0.3, 0.4) is 0 Å². The normalized spacial score (nSPS) is 23.0. The molecule has 2 amide bonds. The van der Waals surface area contributed by atoms with Crippen LogP contribution in [0.1, 0.15) is 37.7 Å². The minimum atomic E-state index is -0.650. The summed E-state index contributed by atoms with van der Waals surface area (Å²) in [6.07, 6.45) is 5.50. The molecule has 1 atom stereocenters. The molecule has 5 heteroatoms. The van der Waals surface area contributed by atoms with Crippen LogP contribution in [0.15, 0.2) is 41.8 Å². The second kappa shape index (κ2) is 7.47. The molecule has 2 aliphatic rings. The van der Waals surface area contributed by atoms with Crippen molar-refractivity contribution < 1.29 is 9.59 Å². The van der Waals surface area contributed by atoms with Gasteiger partial charge < -0.3 is 10.6 Å². The predicted octanol–water partition coefficient (Wildman–Crippen LogP) is 3.85. The summed E-state index contributed by atoms with van der Waals surface area (Å²) in [5.74, 6) is 0.0875. The Hall–Kier alpha value is -2.14. The number of primary amides is 1. The number of carbonyl (C=O) groups is 2. The Morgan fingerprint density at radius 1 is 1.19 bits per heavy atom. The third-order valence-corrected chi connectivity index (χ3v) is 7.09. The van der Waals surface area contributed by atoms with Crippen molar-refractivity contribution in [3.8, 4) is 10.4 Å². The van der Waals surface area contributed by atoms with Crippen LogP contribution in [0.2, 0.25) is 0 Å². The van der Waals surface area contributed by atoms with Gasteiger partial charge in [-0.15, -0.1) is 11.3 Å². The van der Waals surface area contributed by atoms with E-state index in [4.69, 9.17) is 5.73 Å². The van der Waals surface area contributed by atoms with Crippen molar-refractivity contribution in [2.75, 3.05) is 13.1 Å². The molecular weight excluding hydrogens is 356 g/mol. The first-order valence-corrected chi connectivity index (χ1v) is 10.7. The quantitative estimate of drug-likeness (QED) is 0.854. The molecule has 2 fully saturated rings. The van der Waals surface area contributed by atoms with Gasteiger partial charge in [0.15, 0.2) is 0 Å². The van der Waals surface area contributed by atoms with Gasteiger partial charge >= 0.3 is 0 Å². The van der Waals surface area contributed by atoms with Crippen LogP contribution in [-0.4, -0.2) is 29.8 Å². The summed E-state index contributed by atoms with van der Waals surface area (Å²) < 4.78 is 0. The fraction of sp³-hybridized carbons (Fsp3) is 0.455. The first-order valence-electron chi connectivity index (χ1n) is 9.79. The summed E-state index contributed by atoms with van der Waals surface area (Å²) in [4.78, 5) is 28.3. The van der Waals surface area contributed by atoms with Gasteiger partial charge in [0.2, 0.25) is 11.8 Å². The van der Waals surface area contributed by atoms with E-state index in [0.717, 1.165) is 31.2 Å². The number of likely N-dealkylation sites (tertiary alicyclic amines) is 1. The lowest BCUT2D eigenvalue weighted by molar-refractivity contribution is -0.135. The average Bonchev–Trinajstić information content (AvgIpc) is 3.42. The number of carbonyl (C=O) groups excluding carboxylic acids is 2. The molecule has 1 aromatic heterocycles. The fourth-order valence-corrected chi connectivity index (χ4v) is 5.32. The highest BCUT2D eigenvalue weighted by molar-refractivity contribution is 7.13. The number of rotatable bonds is 5. The van der Waals surface area contributed by atoms with Gasteiger partial charge in [0.1, 0.15) is 0 Å². The lowest BCUT2D eigenvalue weighted by atomic mass is 9.80. The van der Waals surface area contributed by atoms with Gasteiger partial charge in [-0.2, -0.15) is 0 Å². The lowest BCUT2D eigenvalue weighted by Crippen LogP contribution is -2.43. The van der Waals surface area contributed by atoms with Gasteiger partial charge in [-0.1, -0.05) is 43.2 Å². The Balaban J connectivity index is 1.53. The molecule has 0 radical (unpaired) electrons. The van der Waals surface area contributed by atoms with E-state index in [-0.39, 0.29) is 17.7 Å². The monoisotopic (exact) mass is 382 g/mol. The molecule has 4 nitrogen and oxygen atoms in total. The van der Waals surface area contributed by atoms with Gasteiger partial charge in [-0.05, 0) is 48.3 Å². The molecule has 1 aliphatic heterocycles. The fourth-order valence-electron chi connectivity index (χ4n) is 4.59. The molecule has 1 saturated heterocycles. The zero-order valence-corrected chi connectivity index (χ0v) is 16.3. The number of amides is 2. The number of nitrogens with zero attached hydrogens (tertiary/aromatic N) is 1. The molecule has 1 aliphatic carbocycles. The van der Waals surface area contributed by atoms with Crippen molar-refractivity contribution in [3.05, 3.63) is 47.3 Å². The molecule has 0 unspecified atom stereocenters. The summed E-state index contributed by atoms with van der Waals surface area (Å²) in [5, 5.41) is 2.07. The molecule has 4 rings (SSSR count). The van der Waals surface area contributed by atoms with Crippen LogP contribution in [0.25, 0.3) is 10.4 Å². The van der Waals surface area contributed by atoms with Crippen LogP contribution in [0.4, 0.5) is 0 Å². The molecule has 142 valence electrons. The maximum atomic E-state index is 12.8. The molecule has 0 spiro atoms. The molecule has 1 aromatic carbocycles. The van der Waals surface area contributed by atoms with Crippen LogP contribution < -0.4 is 5.73 Å². The van der Waals surface area contributed by atoms with E-state index in [0.29, 0.717) is 25.9 Å². The first-order chi connectivity index (χ1) is 13.1.